The zero-order valence-electron chi connectivity index (χ0n) is 13.2. The molecule has 9 heteroatoms. The van der Waals surface area contributed by atoms with Gasteiger partial charge in [-0.1, -0.05) is 6.08 Å². The van der Waals surface area contributed by atoms with Crippen molar-refractivity contribution in [2.24, 2.45) is 5.92 Å². The lowest BCUT2D eigenvalue weighted by Gasteiger charge is -2.42. The van der Waals surface area contributed by atoms with Crippen LogP contribution in [0, 0.1) is 5.92 Å². The van der Waals surface area contributed by atoms with Gasteiger partial charge in [0.2, 0.25) is 6.29 Å². The Kier molecular flexibility index (Phi) is 5.23. The van der Waals surface area contributed by atoms with Crippen molar-refractivity contribution in [3.8, 4) is 0 Å². The van der Waals surface area contributed by atoms with Crippen molar-refractivity contribution in [1.29, 1.82) is 0 Å². The Labute approximate surface area is 143 Å². The average molecular weight is 356 g/mol. The minimum atomic E-state index is -1.56. The van der Waals surface area contributed by atoms with Gasteiger partial charge in [-0.15, -0.1) is 6.58 Å². The average Bonchev–Trinajstić information content (AvgIpc) is 2.62. The van der Waals surface area contributed by atoms with Crippen molar-refractivity contribution in [3.05, 3.63) is 36.1 Å². The van der Waals surface area contributed by atoms with Crippen LogP contribution in [0.4, 0.5) is 0 Å². The third-order valence-corrected chi connectivity index (χ3v) is 4.39. The summed E-state index contributed by atoms with van der Waals surface area (Å²) in [6.45, 7) is 3.25. The van der Waals surface area contributed by atoms with Crippen molar-refractivity contribution in [3.63, 3.8) is 0 Å². The highest BCUT2D eigenvalue weighted by molar-refractivity contribution is 5.94. The summed E-state index contributed by atoms with van der Waals surface area (Å²) in [6, 6.07) is 0. The first-order valence-corrected chi connectivity index (χ1v) is 7.79. The van der Waals surface area contributed by atoms with Gasteiger partial charge in [0.25, 0.3) is 0 Å². The fourth-order valence-electron chi connectivity index (χ4n) is 2.98. The molecule has 0 radical (unpaired) electrons. The SMILES string of the molecule is C=C[C@@H]1C2=CCOC(=O)C2=CO[C@H]1O[C@H]1O[C@@H](CO)[C@H](O)[C@@H](O)[C@@H]1O. The minimum absolute atomic E-state index is 0.114. The van der Waals surface area contributed by atoms with Crippen LogP contribution in [0.25, 0.3) is 0 Å². The van der Waals surface area contributed by atoms with E-state index in [4.69, 9.17) is 18.9 Å². The molecule has 0 saturated carbocycles. The second-order valence-corrected chi connectivity index (χ2v) is 5.89. The molecule has 0 aliphatic carbocycles. The third-order valence-electron chi connectivity index (χ3n) is 4.39. The first-order chi connectivity index (χ1) is 12.0. The Morgan fingerprint density at radius 2 is 2.00 bits per heavy atom. The monoisotopic (exact) mass is 356 g/mol. The molecule has 0 spiro atoms. The van der Waals surface area contributed by atoms with Crippen LogP contribution < -0.4 is 0 Å². The van der Waals surface area contributed by atoms with E-state index in [1.165, 1.54) is 12.3 Å². The number of aliphatic hydroxyl groups excluding tert-OH is 4. The van der Waals surface area contributed by atoms with Gasteiger partial charge < -0.3 is 39.4 Å². The summed E-state index contributed by atoms with van der Waals surface area (Å²) >= 11 is 0. The van der Waals surface area contributed by atoms with Crippen LogP contribution >= 0.6 is 0 Å². The van der Waals surface area contributed by atoms with Crippen LogP contribution in [0.3, 0.4) is 0 Å². The molecule has 0 aromatic carbocycles. The lowest BCUT2D eigenvalue weighted by molar-refractivity contribution is -0.336. The number of aliphatic hydroxyl groups is 4. The number of esters is 1. The third kappa shape index (κ3) is 3.22. The number of carbonyl (C=O) groups excluding carboxylic acids is 1. The van der Waals surface area contributed by atoms with Gasteiger partial charge in [0, 0.05) is 0 Å². The first-order valence-electron chi connectivity index (χ1n) is 7.79. The smallest absolute Gasteiger partial charge is 0.341 e. The molecule has 138 valence electrons. The van der Waals surface area contributed by atoms with Gasteiger partial charge in [-0.25, -0.2) is 4.79 Å². The fourth-order valence-corrected chi connectivity index (χ4v) is 2.98. The molecule has 7 atom stereocenters. The molecule has 3 aliphatic rings. The summed E-state index contributed by atoms with van der Waals surface area (Å²) in [5.41, 5.74) is 0.872. The number of cyclic esters (lactones) is 1. The van der Waals surface area contributed by atoms with Gasteiger partial charge in [0.1, 0.15) is 37.3 Å². The molecule has 0 aromatic heterocycles. The largest absolute Gasteiger partial charge is 0.471 e. The Bertz CT molecular complexity index is 596. The van der Waals surface area contributed by atoms with Crippen molar-refractivity contribution in [2.75, 3.05) is 13.2 Å². The Morgan fingerprint density at radius 1 is 1.24 bits per heavy atom. The van der Waals surface area contributed by atoms with Crippen LogP contribution in [0.15, 0.2) is 36.1 Å². The standard InChI is InChI=1S/C16H20O9/c1-2-7-8-3-4-22-14(21)9(8)6-23-15(7)25-16-13(20)12(19)11(18)10(5-17)24-16/h2-3,6-7,10-13,15-20H,1,4-5H2/t7-,10+,11+,12-,13+,15+,16-/m1/s1. The number of ether oxygens (including phenoxy) is 4. The molecule has 1 fully saturated rings. The number of carbonyl (C=O) groups is 1. The number of hydrogen-bond acceptors (Lipinski definition) is 9. The molecule has 3 aliphatic heterocycles. The highest BCUT2D eigenvalue weighted by Crippen LogP contribution is 2.35. The van der Waals surface area contributed by atoms with E-state index in [-0.39, 0.29) is 12.2 Å². The predicted molar refractivity (Wildman–Crippen MR) is 80.5 cm³/mol. The van der Waals surface area contributed by atoms with E-state index < -0.39 is 55.5 Å². The van der Waals surface area contributed by atoms with Gasteiger partial charge in [-0.3, -0.25) is 0 Å². The maximum atomic E-state index is 11.8. The fraction of sp³-hybridized carbons (Fsp3) is 0.562. The molecule has 0 bridgehead atoms. The Balaban J connectivity index is 1.78. The molecule has 0 amide bonds. The minimum Gasteiger partial charge on any atom is -0.471 e. The highest BCUT2D eigenvalue weighted by atomic mass is 16.8. The number of fused-ring (bicyclic) bond motifs is 1. The van der Waals surface area contributed by atoms with Crippen molar-refractivity contribution < 1.29 is 44.2 Å². The normalized spacial score (nSPS) is 41.0. The quantitative estimate of drug-likeness (QED) is 0.344. The first kappa shape index (κ1) is 18.1. The van der Waals surface area contributed by atoms with Crippen LogP contribution in [0.5, 0.6) is 0 Å². The summed E-state index contributed by atoms with van der Waals surface area (Å²) in [6.07, 6.45) is -3.61. The second-order valence-electron chi connectivity index (χ2n) is 5.89. The van der Waals surface area contributed by atoms with E-state index in [0.717, 1.165) is 0 Å². The molecule has 9 nitrogen and oxygen atoms in total. The molecular formula is C16H20O9. The molecule has 25 heavy (non-hydrogen) atoms. The van der Waals surface area contributed by atoms with E-state index in [1.54, 1.807) is 6.08 Å². The van der Waals surface area contributed by atoms with E-state index >= 15 is 0 Å². The zero-order chi connectivity index (χ0) is 18.1. The van der Waals surface area contributed by atoms with Crippen LogP contribution in [0.2, 0.25) is 0 Å². The number of hydrogen-bond donors (Lipinski definition) is 4. The summed E-state index contributed by atoms with van der Waals surface area (Å²) < 4.78 is 21.2. The topological polar surface area (TPSA) is 135 Å². The van der Waals surface area contributed by atoms with Crippen molar-refractivity contribution in [2.45, 2.75) is 37.0 Å². The molecule has 3 heterocycles. The second kappa shape index (κ2) is 7.24. The van der Waals surface area contributed by atoms with E-state index in [9.17, 15) is 25.2 Å². The van der Waals surface area contributed by atoms with Gasteiger partial charge >= 0.3 is 5.97 Å². The van der Waals surface area contributed by atoms with Gasteiger partial charge in [0.05, 0.1) is 18.1 Å². The van der Waals surface area contributed by atoms with Gasteiger partial charge in [0.15, 0.2) is 6.29 Å². The lowest BCUT2D eigenvalue weighted by Crippen LogP contribution is -2.60. The van der Waals surface area contributed by atoms with Crippen LogP contribution in [-0.2, 0) is 23.7 Å². The summed E-state index contributed by atoms with van der Waals surface area (Å²) in [4.78, 5) is 11.8. The zero-order valence-corrected chi connectivity index (χ0v) is 13.2. The van der Waals surface area contributed by atoms with Crippen LogP contribution in [0.1, 0.15) is 0 Å². The lowest BCUT2D eigenvalue weighted by atomic mass is 9.89. The van der Waals surface area contributed by atoms with E-state index in [2.05, 4.69) is 6.58 Å². The summed E-state index contributed by atoms with van der Waals surface area (Å²) in [5.74, 6) is -1.06. The summed E-state index contributed by atoms with van der Waals surface area (Å²) in [5, 5.41) is 38.9. The molecular weight excluding hydrogens is 336 g/mol. The molecule has 4 N–H and O–H groups in total. The van der Waals surface area contributed by atoms with E-state index in [1.807, 2.05) is 0 Å². The highest BCUT2D eigenvalue weighted by Gasteiger charge is 2.46. The molecule has 0 aromatic rings. The molecule has 1 saturated heterocycles. The predicted octanol–water partition coefficient (Wildman–Crippen LogP) is -1.67. The van der Waals surface area contributed by atoms with Gasteiger partial charge in [-0.05, 0) is 11.6 Å². The maximum absolute atomic E-state index is 11.8. The number of rotatable bonds is 4. The Hall–Kier alpha value is -1.75. The summed E-state index contributed by atoms with van der Waals surface area (Å²) in [7, 11) is 0. The molecule has 0 unspecified atom stereocenters. The van der Waals surface area contributed by atoms with Crippen molar-refractivity contribution in [1.82, 2.24) is 0 Å². The van der Waals surface area contributed by atoms with Crippen molar-refractivity contribution >= 4 is 5.97 Å². The van der Waals surface area contributed by atoms with E-state index in [0.29, 0.717) is 5.57 Å². The Morgan fingerprint density at radius 3 is 2.68 bits per heavy atom. The molecule has 3 rings (SSSR count). The van der Waals surface area contributed by atoms with Gasteiger partial charge in [-0.2, -0.15) is 0 Å². The maximum Gasteiger partial charge on any atom is 0.341 e. The van der Waals surface area contributed by atoms with Crippen LogP contribution in [-0.4, -0.2) is 76.6 Å².